The predicted octanol–water partition coefficient (Wildman–Crippen LogP) is 3.38. The van der Waals surface area contributed by atoms with Crippen molar-refractivity contribution in [2.75, 3.05) is 6.61 Å². The molecule has 1 aromatic carbocycles. The number of rotatable bonds is 5. The van der Waals surface area contributed by atoms with Gasteiger partial charge in [-0.1, -0.05) is 15.9 Å². The summed E-state index contributed by atoms with van der Waals surface area (Å²) in [7, 11) is 0. The van der Waals surface area contributed by atoms with Crippen LogP contribution in [0.1, 0.15) is 18.1 Å². The summed E-state index contributed by atoms with van der Waals surface area (Å²) >= 11 is 9.24. The quantitative estimate of drug-likeness (QED) is 0.353. The molecule has 0 heterocycles. The van der Waals surface area contributed by atoms with Crippen LogP contribution >= 0.6 is 27.5 Å². The number of halogens is 2. The van der Waals surface area contributed by atoms with Crippen LogP contribution in [0.15, 0.2) is 16.6 Å². The van der Waals surface area contributed by atoms with Gasteiger partial charge in [-0.2, -0.15) is 0 Å². The van der Waals surface area contributed by atoms with Gasteiger partial charge in [-0.3, -0.25) is 14.9 Å². The normalized spacial score (nSPS) is 12.0. The molecule has 1 unspecified atom stereocenters. The van der Waals surface area contributed by atoms with Crippen LogP contribution < -0.4 is 0 Å². The lowest BCUT2D eigenvalue weighted by Gasteiger charge is -2.11. The summed E-state index contributed by atoms with van der Waals surface area (Å²) in [5.74, 6) is -0.528. The standard InChI is InChI=1S/C12H13BrClNO4/c1-3-19-12(16)10(14)5-8-6-11(15(17)18)7(2)4-9(8)13/h4,6,10H,3,5H2,1-2H3. The highest BCUT2D eigenvalue weighted by Gasteiger charge is 2.21. The van der Waals surface area contributed by atoms with E-state index in [-0.39, 0.29) is 18.7 Å². The molecule has 0 aliphatic heterocycles. The lowest BCUT2D eigenvalue weighted by Crippen LogP contribution is -2.20. The van der Waals surface area contributed by atoms with Crippen LogP contribution in [-0.4, -0.2) is 22.9 Å². The second kappa shape index (κ2) is 6.86. The van der Waals surface area contributed by atoms with Gasteiger partial charge < -0.3 is 4.74 Å². The minimum absolute atomic E-state index is 0.00549. The van der Waals surface area contributed by atoms with Crippen LogP contribution in [0.2, 0.25) is 0 Å². The molecule has 0 aromatic heterocycles. The number of hydrogen-bond donors (Lipinski definition) is 0. The van der Waals surface area contributed by atoms with Crippen LogP contribution in [0.4, 0.5) is 5.69 Å². The zero-order valence-electron chi connectivity index (χ0n) is 10.5. The van der Waals surface area contributed by atoms with Crippen LogP contribution in [0, 0.1) is 17.0 Å². The van der Waals surface area contributed by atoms with Crippen molar-refractivity contribution < 1.29 is 14.5 Å². The topological polar surface area (TPSA) is 69.4 Å². The molecule has 0 N–H and O–H groups in total. The van der Waals surface area contributed by atoms with Gasteiger partial charge in [-0.25, -0.2) is 0 Å². The molecule has 104 valence electrons. The molecule has 1 rings (SSSR count). The zero-order chi connectivity index (χ0) is 14.6. The SMILES string of the molecule is CCOC(=O)C(Cl)Cc1cc([N+](=O)[O-])c(C)cc1Br. The van der Waals surface area contributed by atoms with Crippen molar-refractivity contribution in [3.05, 3.63) is 37.8 Å². The fourth-order valence-electron chi connectivity index (χ4n) is 1.57. The van der Waals surface area contributed by atoms with E-state index in [9.17, 15) is 14.9 Å². The van der Waals surface area contributed by atoms with Gasteiger partial charge in [0.15, 0.2) is 0 Å². The largest absolute Gasteiger partial charge is 0.465 e. The van der Waals surface area contributed by atoms with Gasteiger partial charge in [-0.15, -0.1) is 11.6 Å². The Morgan fingerprint density at radius 3 is 2.74 bits per heavy atom. The third kappa shape index (κ3) is 4.18. The number of hydrogen-bond acceptors (Lipinski definition) is 4. The van der Waals surface area contributed by atoms with E-state index in [0.717, 1.165) is 0 Å². The molecule has 0 radical (unpaired) electrons. The van der Waals surface area contributed by atoms with Gasteiger partial charge >= 0.3 is 5.97 Å². The van der Waals surface area contributed by atoms with Gasteiger partial charge in [0.2, 0.25) is 0 Å². The molecule has 5 nitrogen and oxygen atoms in total. The third-order valence-electron chi connectivity index (χ3n) is 2.50. The Labute approximate surface area is 124 Å². The maximum atomic E-state index is 11.4. The number of nitrogens with zero attached hydrogens (tertiary/aromatic N) is 1. The monoisotopic (exact) mass is 349 g/mol. The first-order chi connectivity index (χ1) is 8.86. The van der Waals surface area contributed by atoms with E-state index in [1.165, 1.54) is 6.07 Å². The van der Waals surface area contributed by atoms with Crippen molar-refractivity contribution in [3.63, 3.8) is 0 Å². The van der Waals surface area contributed by atoms with Crippen LogP contribution in [0.5, 0.6) is 0 Å². The molecular formula is C12H13BrClNO4. The van der Waals surface area contributed by atoms with Crippen molar-refractivity contribution in [3.8, 4) is 0 Å². The van der Waals surface area contributed by atoms with Crippen molar-refractivity contribution in [1.82, 2.24) is 0 Å². The molecule has 0 spiro atoms. The van der Waals surface area contributed by atoms with E-state index in [4.69, 9.17) is 16.3 Å². The van der Waals surface area contributed by atoms with Crippen molar-refractivity contribution >= 4 is 39.2 Å². The van der Waals surface area contributed by atoms with Crippen LogP contribution in [-0.2, 0) is 16.0 Å². The summed E-state index contributed by atoms with van der Waals surface area (Å²) in [6, 6.07) is 3.07. The molecule has 0 saturated carbocycles. The number of aryl methyl sites for hydroxylation is 1. The summed E-state index contributed by atoms with van der Waals surface area (Å²) in [5, 5.41) is 10.0. The van der Waals surface area contributed by atoms with Crippen LogP contribution in [0.25, 0.3) is 0 Å². The first kappa shape index (κ1) is 15.9. The van der Waals surface area contributed by atoms with Gasteiger partial charge in [0.1, 0.15) is 5.38 Å². The summed E-state index contributed by atoms with van der Waals surface area (Å²) in [5.41, 5.74) is 1.15. The molecule has 1 atom stereocenters. The Bertz CT molecular complexity index is 507. The number of nitro groups is 1. The van der Waals surface area contributed by atoms with E-state index in [0.29, 0.717) is 15.6 Å². The first-order valence-electron chi connectivity index (χ1n) is 5.61. The molecule has 1 aromatic rings. The number of benzene rings is 1. The fraction of sp³-hybridized carbons (Fsp3) is 0.417. The minimum Gasteiger partial charge on any atom is -0.465 e. The molecule has 0 fully saturated rings. The van der Waals surface area contributed by atoms with Gasteiger partial charge in [0.25, 0.3) is 5.69 Å². The molecule has 0 aliphatic rings. The molecule has 7 heteroatoms. The van der Waals surface area contributed by atoms with Crippen molar-refractivity contribution in [2.45, 2.75) is 25.6 Å². The van der Waals surface area contributed by atoms with E-state index in [1.54, 1.807) is 19.9 Å². The van der Waals surface area contributed by atoms with E-state index < -0.39 is 16.3 Å². The number of carbonyl (C=O) groups is 1. The van der Waals surface area contributed by atoms with E-state index in [2.05, 4.69) is 15.9 Å². The molecule has 0 saturated heterocycles. The maximum absolute atomic E-state index is 11.4. The third-order valence-corrected chi connectivity index (χ3v) is 3.57. The second-order valence-corrected chi connectivity index (χ2v) is 5.29. The predicted molar refractivity (Wildman–Crippen MR) is 75.5 cm³/mol. The highest BCUT2D eigenvalue weighted by atomic mass is 79.9. The summed E-state index contributed by atoms with van der Waals surface area (Å²) in [6.45, 7) is 3.58. The van der Waals surface area contributed by atoms with Gasteiger partial charge in [-0.05, 0) is 25.5 Å². The Kier molecular flexibility index (Phi) is 5.75. The average Bonchev–Trinajstić information content (AvgIpc) is 2.32. The smallest absolute Gasteiger partial charge is 0.324 e. The lowest BCUT2D eigenvalue weighted by atomic mass is 10.1. The lowest BCUT2D eigenvalue weighted by molar-refractivity contribution is -0.385. The van der Waals surface area contributed by atoms with Crippen molar-refractivity contribution in [2.24, 2.45) is 0 Å². The van der Waals surface area contributed by atoms with Gasteiger partial charge in [0, 0.05) is 22.5 Å². The maximum Gasteiger partial charge on any atom is 0.324 e. The molecule has 19 heavy (non-hydrogen) atoms. The summed E-state index contributed by atoms with van der Waals surface area (Å²) < 4.78 is 5.48. The Morgan fingerprint density at radius 1 is 1.58 bits per heavy atom. The van der Waals surface area contributed by atoms with Crippen molar-refractivity contribution in [1.29, 1.82) is 0 Å². The average molecular weight is 351 g/mol. The highest BCUT2D eigenvalue weighted by molar-refractivity contribution is 9.10. The number of alkyl halides is 1. The number of nitro benzene ring substituents is 1. The Hall–Kier alpha value is -1.14. The van der Waals surface area contributed by atoms with Gasteiger partial charge in [0.05, 0.1) is 11.5 Å². The Balaban J connectivity index is 2.98. The first-order valence-corrected chi connectivity index (χ1v) is 6.83. The zero-order valence-corrected chi connectivity index (χ0v) is 12.8. The van der Waals surface area contributed by atoms with E-state index >= 15 is 0 Å². The molecule has 0 bridgehead atoms. The summed E-state index contributed by atoms with van der Waals surface area (Å²) in [6.07, 6.45) is 0.169. The van der Waals surface area contributed by atoms with E-state index in [1.807, 2.05) is 0 Å². The number of ether oxygens (including phenoxy) is 1. The fourth-order valence-corrected chi connectivity index (χ4v) is 2.42. The highest BCUT2D eigenvalue weighted by Crippen LogP contribution is 2.28. The second-order valence-electron chi connectivity index (χ2n) is 3.91. The summed E-state index contributed by atoms with van der Waals surface area (Å²) in [4.78, 5) is 21.9. The van der Waals surface area contributed by atoms with Crippen LogP contribution in [0.3, 0.4) is 0 Å². The minimum atomic E-state index is -0.862. The molecular weight excluding hydrogens is 337 g/mol. The number of carbonyl (C=O) groups excluding carboxylic acids is 1. The molecule has 0 aliphatic carbocycles. The number of esters is 1. The Morgan fingerprint density at radius 2 is 2.21 bits per heavy atom. The molecule has 0 amide bonds.